The van der Waals surface area contributed by atoms with Crippen LogP contribution in [0.3, 0.4) is 0 Å². The summed E-state index contributed by atoms with van der Waals surface area (Å²) in [6.45, 7) is 6.46. The maximum atomic E-state index is 4.77. The molecule has 1 saturated heterocycles. The first-order valence-electron chi connectivity index (χ1n) is 7.29. The van der Waals surface area contributed by atoms with Crippen molar-refractivity contribution < 1.29 is 0 Å². The van der Waals surface area contributed by atoms with E-state index in [1.54, 1.807) is 0 Å². The molecule has 3 heterocycles. The number of aromatic nitrogens is 4. The van der Waals surface area contributed by atoms with Crippen LogP contribution in [-0.4, -0.2) is 32.8 Å². The summed E-state index contributed by atoms with van der Waals surface area (Å²) in [6.07, 6.45) is 7.77. The Morgan fingerprint density at radius 2 is 2.30 bits per heavy atom. The maximum Gasteiger partial charge on any atom is 0.107 e. The lowest BCUT2D eigenvalue weighted by atomic mass is 10.0. The van der Waals surface area contributed by atoms with Gasteiger partial charge in [-0.05, 0) is 51.8 Å². The van der Waals surface area contributed by atoms with Gasteiger partial charge in [-0.2, -0.15) is 5.10 Å². The molecule has 0 bridgehead atoms. The Morgan fingerprint density at radius 3 is 3.05 bits per heavy atom. The summed E-state index contributed by atoms with van der Waals surface area (Å²) in [5, 5.41) is 7.76. The largest absolute Gasteiger partial charge is 0.316 e. The fraction of sp³-hybridized carbons (Fsp3) is 0.533. The monoisotopic (exact) mass is 271 g/mol. The average Bonchev–Trinajstić information content (AvgIpc) is 3.09. The van der Waals surface area contributed by atoms with E-state index in [4.69, 9.17) is 4.98 Å². The van der Waals surface area contributed by atoms with Crippen LogP contribution in [0.2, 0.25) is 0 Å². The van der Waals surface area contributed by atoms with Crippen LogP contribution in [0.5, 0.6) is 0 Å². The maximum absolute atomic E-state index is 4.77. The Kier molecular flexibility index (Phi) is 3.78. The van der Waals surface area contributed by atoms with Crippen LogP contribution in [0.15, 0.2) is 24.7 Å². The summed E-state index contributed by atoms with van der Waals surface area (Å²) in [4.78, 5) is 9.13. The second-order valence-electron chi connectivity index (χ2n) is 5.71. The molecule has 0 saturated carbocycles. The Labute approximate surface area is 119 Å². The molecule has 20 heavy (non-hydrogen) atoms. The molecular formula is C15H21N5. The molecule has 106 valence electrons. The van der Waals surface area contributed by atoms with Gasteiger partial charge < -0.3 is 5.32 Å². The van der Waals surface area contributed by atoms with Crippen molar-refractivity contribution in [1.82, 2.24) is 25.1 Å². The van der Waals surface area contributed by atoms with E-state index in [1.165, 1.54) is 6.42 Å². The minimum absolute atomic E-state index is 0.324. The Bertz CT molecular complexity index is 569. The van der Waals surface area contributed by atoms with Gasteiger partial charge in [-0.15, -0.1) is 0 Å². The SMILES string of the molecule is CC(C)n1nccc1-c1cncc(C[C@@H]2CCNC2)n1. The molecule has 0 radical (unpaired) electrons. The molecule has 0 aliphatic carbocycles. The molecule has 0 aromatic carbocycles. The van der Waals surface area contributed by atoms with Crippen molar-refractivity contribution in [1.29, 1.82) is 0 Å². The third-order valence-electron chi connectivity index (χ3n) is 3.77. The molecule has 1 atom stereocenters. The van der Waals surface area contributed by atoms with Crippen LogP contribution in [0, 0.1) is 5.92 Å². The van der Waals surface area contributed by atoms with E-state index < -0.39 is 0 Å². The van der Waals surface area contributed by atoms with Gasteiger partial charge in [-0.1, -0.05) is 0 Å². The Balaban J connectivity index is 1.84. The van der Waals surface area contributed by atoms with Crippen LogP contribution in [0.25, 0.3) is 11.4 Å². The zero-order chi connectivity index (χ0) is 13.9. The fourth-order valence-electron chi connectivity index (χ4n) is 2.74. The van der Waals surface area contributed by atoms with Crippen LogP contribution >= 0.6 is 0 Å². The van der Waals surface area contributed by atoms with E-state index in [0.717, 1.165) is 36.6 Å². The highest BCUT2D eigenvalue weighted by Gasteiger charge is 2.17. The molecule has 5 nitrogen and oxygen atoms in total. The van der Waals surface area contributed by atoms with Gasteiger partial charge >= 0.3 is 0 Å². The van der Waals surface area contributed by atoms with Gasteiger partial charge in [-0.3, -0.25) is 9.67 Å². The number of rotatable bonds is 4. The smallest absolute Gasteiger partial charge is 0.107 e. The van der Waals surface area contributed by atoms with Gasteiger partial charge in [0.2, 0.25) is 0 Å². The number of nitrogens with zero attached hydrogens (tertiary/aromatic N) is 4. The van der Waals surface area contributed by atoms with E-state index >= 15 is 0 Å². The molecule has 1 aliphatic rings. The standard InChI is InChI=1S/C15H21N5/c1-11(2)20-15(4-6-18-20)14-10-17-9-13(19-14)7-12-3-5-16-8-12/h4,6,9-12,16H,3,5,7-8H2,1-2H3/t12-/m0/s1. The van der Waals surface area contributed by atoms with Crippen molar-refractivity contribution in [2.45, 2.75) is 32.7 Å². The second-order valence-corrected chi connectivity index (χ2v) is 5.71. The summed E-state index contributed by atoms with van der Waals surface area (Å²) in [5.74, 6) is 0.689. The van der Waals surface area contributed by atoms with Gasteiger partial charge in [0, 0.05) is 18.4 Å². The third kappa shape index (κ3) is 2.72. The highest BCUT2D eigenvalue weighted by Crippen LogP contribution is 2.21. The molecule has 0 unspecified atom stereocenters. The van der Waals surface area contributed by atoms with E-state index in [1.807, 2.05) is 29.3 Å². The molecule has 2 aromatic heterocycles. The van der Waals surface area contributed by atoms with Gasteiger partial charge in [0.25, 0.3) is 0 Å². The minimum Gasteiger partial charge on any atom is -0.316 e. The average molecular weight is 271 g/mol. The molecular weight excluding hydrogens is 250 g/mol. The van der Waals surface area contributed by atoms with Gasteiger partial charge in [0.05, 0.1) is 17.6 Å². The predicted octanol–water partition coefficient (Wildman–Crippen LogP) is 2.07. The zero-order valence-electron chi connectivity index (χ0n) is 12.1. The summed E-state index contributed by atoms with van der Waals surface area (Å²) in [7, 11) is 0. The summed E-state index contributed by atoms with van der Waals surface area (Å²) >= 11 is 0. The van der Waals surface area contributed by atoms with Crippen molar-refractivity contribution >= 4 is 0 Å². The van der Waals surface area contributed by atoms with Gasteiger partial charge in [-0.25, -0.2) is 4.98 Å². The zero-order valence-corrected chi connectivity index (χ0v) is 12.1. The van der Waals surface area contributed by atoms with Crippen LogP contribution in [0.1, 0.15) is 32.0 Å². The van der Waals surface area contributed by atoms with Crippen molar-refractivity contribution in [2.24, 2.45) is 5.92 Å². The van der Waals surface area contributed by atoms with Gasteiger partial charge in [0.15, 0.2) is 0 Å². The van der Waals surface area contributed by atoms with Crippen LogP contribution < -0.4 is 5.32 Å². The van der Waals surface area contributed by atoms with E-state index in [2.05, 4.69) is 29.2 Å². The molecule has 2 aromatic rings. The lowest BCUT2D eigenvalue weighted by Gasteiger charge is -2.12. The molecule has 5 heteroatoms. The van der Waals surface area contributed by atoms with E-state index in [0.29, 0.717) is 12.0 Å². The molecule has 1 aliphatic heterocycles. The third-order valence-corrected chi connectivity index (χ3v) is 3.77. The minimum atomic E-state index is 0.324. The highest BCUT2D eigenvalue weighted by molar-refractivity contribution is 5.53. The summed E-state index contributed by atoms with van der Waals surface area (Å²) in [6, 6.07) is 2.33. The Hall–Kier alpha value is -1.75. The summed E-state index contributed by atoms with van der Waals surface area (Å²) in [5.41, 5.74) is 3.03. The number of hydrogen-bond acceptors (Lipinski definition) is 4. The quantitative estimate of drug-likeness (QED) is 0.925. The van der Waals surface area contributed by atoms with E-state index in [-0.39, 0.29) is 0 Å². The predicted molar refractivity (Wildman–Crippen MR) is 78.3 cm³/mol. The number of nitrogens with one attached hydrogen (secondary N) is 1. The van der Waals surface area contributed by atoms with Crippen molar-refractivity contribution in [3.63, 3.8) is 0 Å². The van der Waals surface area contributed by atoms with Crippen molar-refractivity contribution in [2.75, 3.05) is 13.1 Å². The first kappa shape index (κ1) is 13.2. The normalized spacial score (nSPS) is 18.9. The van der Waals surface area contributed by atoms with Crippen LogP contribution in [-0.2, 0) is 6.42 Å². The molecule has 1 fully saturated rings. The van der Waals surface area contributed by atoms with Crippen LogP contribution in [0.4, 0.5) is 0 Å². The second kappa shape index (κ2) is 5.71. The number of hydrogen-bond donors (Lipinski definition) is 1. The lowest BCUT2D eigenvalue weighted by Crippen LogP contribution is -2.12. The lowest BCUT2D eigenvalue weighted by molar-refractivity contribution is 0.536. The van der Waals surface area contributed by atoms with E-state index in [9.17, 15) is 0 Å². The first-order chi connectivity index (χ1) is 9.74. The van der Waals surface area contributed by atoms with Crippen molar-refractivity contribution in [3.05, 3.63) is 30.4 Å². The first-order valence-corrected chi connectivity index (χ1v) is 7.29. The molecule has 3 rings (SSSR count). The van der Waals surface area contributed by atoms with Crippen molar-refractivity contribution in [3.8, 4) is 11.4 Å². The Morgan fingerprint density at radius 1 is 1.40 bits per heavy atom. The molecule has 0 spiro atoms. The topological polar surface area (TPSA) is 55.6 Å². The van der Waals surface area contributed by atoms with Gasteiger partial charge in [0.1, 0.15) is 5.69 Å². The molecule has 0 amide bonds. The fourth-order valence-corrected chi connectivity index (χ4v) is 2.74. The highest BCUT2D eigenvalue weighted by atomic mass is 15.3. The summed E-state index contributed by atoms with van der Waals surface area (Å²) < 4.78 is 1.99. The molecule has 1 N–H and O–H groups in total.